The van der Waals surface area contributed by atoms with Gasteiger partial charge in [0.05, 0.1) is 5.39 Å². The Balaban J connectivity index is 2.27. The van der Waals surface area contributed by atoms with E-state index in [2.05, 4.69) is 0 Å². The summed E-state index contributed by atoms with van der Waals surface area (Å²) in [6.07, 6.45) is 0. The number of rotatable bonds is 1. The van der Waals surface area contributed by atoms with Gasteiger partial charge in [0.15, 0.2) is 5.43 Å². The molecule has 3 nitrogen and oxygen atoms in total. The Morgan fingerprint density at radius 1 is 1.05 bits per heavy atom. The van der Waals surface area contributed by atoms with Gasteiger partial charge in [-0.05, 0) is 30.3 Å². The van der Waals surface area contributed by atoms with Gasteiger partial charge in [-0.3, -0.25) is 4.79 Å². The number of nitrogen functional groups attached to an aromatic ring is 1. The quantitative estimate of drug-likeness (QED) is 0.679. The molecule has 4 heteroatoms. The number of hydrogen-bond donors (Lipinski definition) is 1. The predicted octanol–water partition coefficient (Wildman–Crippen LogP) is 3.18. The first kappa shape index (κ1) is 11.5. The third kappa shape index (κ3) is 2.08. The molecule has 0 aliphatic rings. The van der Waals surface area contributed by atoms with E-state index in [0.29, 0.717) is 22.6 Å². The van der Waals surface area contributed by atoms with E-state index in [1.165, 1.54) is 24.3 Å². The number of halogens is 1. The largest absolute Gasteiger partial charge is 0.456 e. The van der Waals surface area contributed by atoms with E-state index < -0.39 is 5.82 Å². The number of nitrogens with two attached hydrogens (primary N) is 1. The van der Waals surface area contributed by atoms with Crippen molar-refractivity contribution < 1.29 is 8.81 Å². The van der Waals surface area contributed by atoms with Gasteiger partial charge in [0.2, 0.25) is 0 Å². The summed E-state index contributed by atoms with van der Waals surface area (Å²) in [5, 5.41) is 0.229. The molecule has 0 aliphatic carbocycles. The molecule has 0 atom stereocenters. The summed E-state index contributed by atoms with van der Waals surface area (Å²) in [6, 6.07) is 12.3. The van der Waals surface area contributed by atoms with E-state index in [9.17, 15) is 9.18 Å². The second kappa shape index (κ2) is 4.24. The van der Waals surface area contributed by atoms with Crippen molar-refractivity contribution in [1.82, 2.24) is 0 Å². The van der Waals surface area contributed by atoms with Crippen LogP contribution in [0, 0.1) is 5.82 Å². The van der Waals surface area contributed by atoms with Crippen LogP contribution >= 0.6 is 0 Å². The SMILES string of the molecule is Nc1cccc(-c2cc(=O)c3cc(F)ccc3o2)c1. The van der Waals surface area contributed by atoms with Crippen molar-refractivity contribution in [2.75, 3.05) is 5.73 Å². The molecular formula is C15H10FNO2. The summed E-state index contributed by atoms with van der Waals surface area (Å²) in [7, 11) is 0. The molecule has 0 aliphatic heterocycles. The minimum absolute atomic E-state index is 0.229. The minimum Gasteiger partial charge on any atom is -0.456 e. The zero-order valence-corrected chi connectivity index (χ0v) is 9.89. The number of benzene rings is 2. The van der Waals surface area contributed by atoms with Gasteiger partial charge in [-0.15, -0.1) is 0 Å². The van der Waals surface area contributed by atoms with Crippen LogP contribution in [0.15, 0.2) is 57.7 Å². The van der Waals surface area contributed by atoms with E-state index in [-0.39, 0.29) is 10.8 Å². The lowest BCUT2D eigenvalue weighted by Gasteiger charge is -2.04. The van der Waals surface area contributed by atoms with Crippen molar-refractivity contribution in [3.63, 3.8) is 0 Å². The Kier molecular flexibility index (Phi) is 2.56. The maximum atomic E-state index is 13.1. The highest BCUT2D eigenvalue weighted by molar-refractivity contribution is 5.79. The van der Waals surface area contributed by atoms with E-state index in [1.54, 1.807) is 24.3 Å². The average Bonchev–Trinajstić information content (AvgIpc) is 2.39. The molecule has 2 aromatic carbocycles. The molecule has 1 heterocycles. The van der Waals surface area contributed by atoms with E-state index >= 15 is 0 Å². The van der Waals surface area contributed by atoms with Crippen LogP contribution in [0.2, 0.25) is 0 Å². The van der Waals surface area contributed by atoms with Gasteiger partial charge >= 0.3 is 0 Å². The molecule has 1 aromatic heterocycles. The zero-order chi connectivity index (χ0) is 13.4. The second-order valence-electron chi connectivity index (χ2n) is 4.24. The lowest BCUT2D eigenvalue weighted by molar-refractivity contribution is 0.608. The molecule has 0 radical (unpaired) electrons. The van der Waals surface area contributed by atoms with Gasteiger partial charge < -0.3 is 10.2 Å². The van der Waals surface area contributed by atoms with Gasteiger partial charge in [-0.2, -0.15) is 0 Å². The molecule has 2 N–H and O–H groups in total. The molecule has 0 saturated carbocycles. The fourth-order valence-corrected chi connectivity index (χ4v) is 1.96. The van der Waals surface area contributed by atoms with Crippen molar-refractivity contribution in [2.45, 2.75) is 0 Å². The Morgan fingerprint density at radius 3 is 2.68 bits per heavy atom. The molecule has 0 saturated heterocycles. The third-order valence-corrected chi connectivity index (χ3v) is 2.86. The lowest BCUT2D eigenvalue weighted by atomic mass is 10.1. The summed E-state index contributed by atoms with van der Waals surface area (Å²) >= 11 is 0. The van der Waals surface area contributed by atoms with Gasteiger partial charge in [-0.1, -0.05) is 12.1 Å². The fraction of sp³-hybridized carbons (Fsp3) is 0. The maximum absolute atomic E-state index is 13.1. The topological polar surface area (TPSA) is 56.2 Å². The first-order valence-electron chi connectivity index (χ1n) is 5.73. The van der Waals surface area contributed by atoms with Crippen LogP contribution in [0.5, 0.6) is 0 Å². The highest BCUT2D eigenvalue weighted by atomic mass is 19.1. The molecule has 3 rings (SSSR count). The smallest absolute Gasteiger partial charge is 0.193 e. The molecule has 3 aromatic rings. The van der Waals surface area contributed by atoms with Gasteiger partial charge in [0.25, 0.3) is 0 Å². The van der Waals surface area contributed by atoms with Crippen LogP contribution in [0.3, 0.4) is 0 Å². The molecule has 19 heavy (non-hydrogen) atoms. The highest BCUT2D eigenvalue weighted by Crippen LogP contribution is 2.23. The number of anilines is 1. The first-order chi connectivity index (χ1) is 9.13. The van der Waals surface area contributed by atoms with Crippen LogP contribution < -0.4 is 11.2 Å². The summed E-state index contributed by atoms with van der Waals surface area (Å²) in [5.41, 5.74) is 7.06. The molecule has 0 fully saturated rings. The Labute approximate surface area is 108 Å². The molecular weight excluding hydrogens is 245 g/mol. The van der Waals surface area contributed by atoms with Crippen LogP contribution in [0.25, 0.3) is 22.3 Å². The normalized spacial score (nSPS) is 10.8. The Morgan fingerprint density at radius 2 is 1.89 bits per heavy atom. The third-order valence-electron chi connectivity index (χ3n) is 2.86. The Bertz CT molecular complexity index is 824. The monoisotopic (exact) mass is 255 g/mol. The van der Waals surface area contributed by atoms with E-state index in [0.717, 1.165) is 0 Å². The van der Waals surface area contributed by atoms with Crippen molar-refractivity contribution >= 4 is 16.7 Å². The fourth-order valence-electron chi connectivity index (χ4n) is 1.96. The van der Waals surface area contributed by atoms with Crippen molar-refractivity contribution in [3.05, 3.63) is 64.6 Å². The van der Waals surface area contributed by atoms with E-state index in [4.69, 9.17) is 10.2 Å². The van der Waals surface area contributed by atoms with Crippen LogP contribution in [0.1, 0.15) is 0 Å². The van der Waals surface area contributed by atoms with Crippen LogP contribution in [-0.2, 0) is 0 Å². The maximum Gasteiger partial charge on any atom is 0.193 e. The molecule has 0 unspecified atom stereocenters. The summed E-state index contributed by atoms with van der Waals surface area (Å²) in [6.45, 7) is 0. The standard InChI is InChI=1S/C15H10FNO2/c16-10-4-5-14-12(7-10)13(18)8-15(19-14)9-2-1-3-11(17)6-9/h1-8H,17H2. The van der Waals surface area contributed by atoms with Crippen molar-refractivity contribution in [3.8, 4) is 11.3 Å². The summed E-state index contributed by atoms with van der Waals surface area (Å²) in [5.74, 6) is -0.0482. The minimum atomic E-state index is -0.462. The van der Waals surface area contributed by atoms with Crippen LogP contribution in [-0.4, -0.2) is 0 Å². The van der Waals surface area contributed by atoms with Gasteiger partial charge in [-0.25, -0.2) is 4.39 Å². The second-order valence-corrected chi connectivity index (χ2v) is 4.24. The Hall–Kier alpha value is -2.62. The molecule has 0 amide bonds. The summed E-state index contributed by atoms with van der Waals surface area (Å²) in [4.78, 5) is 12.0. The number of hydrogen-bond acceptors (Lipinski definition) is 3. The van der Waals surface area contributed by atoms with Gasteiger partial charge in [0, 0.05) is 17.3 Å². The predicted molar refractivity (Wildman–Crippen MR) is 72.3 cm³/mol. The first-order valence-corrected chi connectivity index (χ1v) is 5.73. The van der Waals surface area contributed by atoms with Gasteiger partial charge in [0.1, 0.15) is 17.2 Å². The van der Waals surface area contributed by atoms with Crippen molar-refractivity contribution in [1.29, 1.82) is 0 Å². The molecule has 0 spiro atoms. The summed E-state index contributed by atoms with van der Waals surface area (Å²) < 4.78 is 18.7. The van der Waals surface area contributed by atoms with E-state index in [1.807, 2.05) is 0 Å². The zero-order valence-electron chi connectivity index (χ0n) is 9.89. The molecule has 94 valence electrons. The lowest BCUT2D eigenvalue weighted by Crippen LogP contribution is -2.00. The average molecular weight is 255 g/mol. The van der Waals surface area contributed by atoms with Crippen molar-refractivity contribution in [2.24, 2.45) is 0 Å². The van der Waals surface area contributed by atoms with Crippen LogP contribution in [0.4, 0.5) is 10.1 Å². The number of fused-ring (bicyclic) bond motifs is 1. The molecule has 0 bridgehead atoms. The highest BCUT2D eigenvalue weighted by Gasteiger charge is 2.07.